The number of rotatable bonds is 6. The first-order chi connectivity index (χ1) is 19.0. The quantitative estimate of drug-likeness (QED) is 0.449. The van der Waals surface area contributed by atoms with Crippen LogP contribution in [0.2, 0.25) is 4.34 Å². The SMILES string of the molecule is Cc1c(C2CC(=O)N(C(=O)N3CCC(O)C3)C2)nn(C(=O)c2cccc(C(=O)O)c2)c1N(C)Cc1ccc(Cl)s1. The minimum atomic E-state index is -1.15. The third kappa shape index (κ3) is 5.34. The third-order valence-electron chi connectivity index (χ3n) is 7.24. The summed E-state index contributed by atoms with van der Waals surface area (Å²) in [4.78, 5) is 56.6. The zero-order chi connectivity index (χ0) is 28.7. The second-order valence-electron chi connectivity index (χ2n) is 10.1. The number of carboxylic acids is 1. The second-order valence-corrected chi connectivity index (χ2v) is 11.9. The van der Waals surface area contributed by atoms with Crippen molar-refractivity contribution in [1.29, 1.82) is 0 Å². The Bertz CT molecular complexity index is 1500. The van der Waals surface area contributed by atoms with Crippen LogP contribution in [0.1, 0.15) is 55.6 Å². The standard InChI is InChI=1S/C27H28ClN5O6S/c1-15-23(18-11-22(35)32(12-18)27(39)31-9-8-19(34)13-31)29-33(24(15)30(2)14-20-6-7-21(28)40-20)25(36)16-4-3-5-17(10-16)26(37)38/h3-7,10,18-19,34H,8-9,11-14H2,1-2H3,(H,37,38). The molecule has 2 N–H and O–H groups in total. The van der Waals surface area contributed by atoms with Gasteiger partial charge >= 0.3 is 12.0 Å². The predicted molar refractivity (Wildman–Crippen MR) is 148 cm³/mol. The van der Waals surface area contributed by atoms with Gasteiger partial charge in [0.2, 0.25) is 5.91 Å². The van der Waals surface area contributed by atoms with Crippen molar-refractivity contribution in [2.45, 2.75) is 38.3 Å². The number of likely N-dealkylation sites (tertiary alicyclic amines) is 2. The number of benzene rings is 1. The number of aliphatic hydroxyl groups excluding tert-OH is 1. The maximum absolute atomic E-state index is 13.7. The fourth-order valence-corrected chi connectivity index (χ4v) is 6.44. The van der Waals surface area contributed by atoms with Gasteiger partial charge in [0.1, 0.15) is 5.82 Å². The zero-order valence-electron chi connectivity index (χ0n) is 21.9. The molecular weight excluding hydrogens is 558 g/mol. The first-order valence-corrected chi connectivity index (χ1v) is 13.9. The number of aliphatic hydroxyl groups is 1. The second kappa shape index (κ2) is 11.0. The van der Waals surface area contributed by atoms with E-state index in [-0.39, 0.29) is 36.5 Å². The summed E-state index contributed by atoms with van der Waals surface area (Å²) in [6, 6.07) is 8.98. The number of nitrogens with zero attached hydrogens (tertiary/aromatic N) is 5. The van der Waals surface area contributed by atoms with E-state index in [0.29, 0.717) is 40.9 Å². The molecule has 13 heteroatoms. The highest BCUT2D eigenvalue weighted by molar-refractivity contribution is 7.16. The Morgan fingerprint density at radius 3 is 2.58 bits per heavy atom. The molecule has 2 aliphatic rings. The fourth-order valence-electron chi connectivity index (χ4n) is 5.30. The van der Waals surface area contributed by atoms with Gasteiger partial charge in [-0.3, -0.25) is 14.5 Å². The van der Waals surface area contributed by atoms with Crippen molar-refractivity contribution in [2.24, 2.45) is 0 Å². The Morgan fingerprint density at radius 2 is 1.93 bits per heavy atom. The summed E-state index contributed by atoms with van der Waals surface area (Å²) in [5.41, 5.74) is 1.31. The fraction of sp³-hybridized carbons (Fsp3) is 0.370. The van der Waals surface area contributed by atoms with Crippen molar-refractivity contribution < 1.29 is 29.4 Å². The molecule has 0 radical (unpaired) electrons. The van der Waals surface area contributed by atoms with Gasteiger partial charge in [-0.05, 0) is 43.7 Å². The lowest BCUT2D eigenvalue weighted by molar-refractivity contribution is -0.125. The average molecular weight is 586 g/mol. The van der Waals surface area contributed by atoms with E-state index < -0.39 is 29.9 Å². The number of aromatic nitrogens is 2. The van der Waals surface area contributed by atoms with Gasteiger partial charge in [0, 0.05) is 55.0 Å². The van der Waals surface area contributed by atoms with Crippen LogP contribution in [0.25, 0.3) is 0 Å². The molecule has 0 spiro atoms. The average Bonchev–Trinajstić information content (AvgIpc) is 3.70. The van der Waals surface area contributed by atoms with Crippen molar-refractivity contribution in [1.82, 2.24) is 19.6 Å². The highest BCUT2D eigenvalue weighted by Gasteiger charge is 2.41. The lowest BCUT2D eigenvalue weighted by Gasteiger charge is -2.22. The maximum Gasteiger partial charge on any atom is 0.335 e. The summed E-state index contributed by atoms with van der Waals surface area (Å²) in [5.74, 6) is -1.96. The Labute approximate surface area is 239 Å². The number of urea groups is 1. The van der Waals surface area contributed by atoms with Crippen LogP contribution in [0, 0.1) is 6.92 Å². The van der Waals surface area contributed by atoms with Crippen molar-refractivity contribution in [3.05, 3.63) is 68.0 Å². The van der Waals surface area contributed by atoms with Crippen LogP contribution >= 0.6 is 22.9 Å². The Balaban J connectivity index is 1.49. The number of aromatic carboxylic acids is 1. The largest absolute Gasteiger partial charge is 0.478 e. The van der Waals surface area contributed by atoms with E-state index in [1.54, 1.807) is 6.07 Å². The van der Waals surface area contributed by atoms with Crippen LogP contribution < -0.4 is 4.90 Å². The summed E-state index contributed by atoms with van der Waals surface area (Å²) < 4.78 is 1.88. The molecule has 40 heavy (non-hydrogen) atoms. The van der Waals surface area contributed by atoms with E-state index in [4.69, 9.17) is 11.6 Å². The van der Waals surface area contributed by atoms with Crippen molar-refractivity contribution >= 4 is 52.6 Å². The first kappa shape index (κ1) is 27.8. The van der Waals surface area contributed by atoms with Gasteiger partial charge in [0.05, 0.1) is 28.2 Å². The normalized spacial score (nSPS) is 18.9. The molecule has 1 aromatic carbocycles. The van der Waals surface area contributed by atoms with E-state index >= 15 is 0 Å². The number of amides is 3. The molecule has 2 fully saturated rings. The molecule has 0 saturated carbocycles. The number of hydrogen-bond acceptors (Lipinski definition) is 8. The number of halogens is 1. The smallest absolute Gasteiger partial charge is 0.335 e. The highest BCUT2D eigenvalue weighted by atomic mass is 35.5. The van der Waals surface area contributed by atoms with Gasteiger partial charge in [-0.1, -0.05) is 17.7 Å². The number of carbonyl (C=O) groups is 4. The molecule has 2 unspecified atom stereocenters. The van der Waals surface area contributed by atoms with E-state index in [9.17, 15) is 29.4 Å². The first-order valence-electron chi connectivity index (χ1n) is 12.7. The van der Waals surface area contributed by atoms with Gasteiger partial charge < -0.3 is 20.0 Å². The van der Waals surface area contributed by atoms with Crippen LogP contribution in [-0.2, 0) is 11.3 Å². The van der Waals surface area contributed by atoms with E-state index in [1.165, 1.54) is 50.1 Å². The molecule has 5 rings (SSSR count). The van der Waals surface area contributed by atoms with Gasteiger partial charge in [0.15, 0.2) is 0 Å². The van der Waals surface area contributed by atoms with Gasteiger partial charge in [-0.15, -0.1) is 11.3 Å². The molecule has 0 bridgehead atoms. The van der Waals surface area contributed by atoms with E-state index in [2.05, 4.69) is 5.10 Å². The summed E-state index contributed by atoms with van der Waals surface area (Å²) in [7, 11) is 1.81. The molecule has 3 amide bonds. The van der Waals surface area contributed by atoms with Gasteiger partial charge in [-0.2, -0.15) is 9.78 Å². The minimum Gasteiger partial charge on any atom is -0.478 e. The number of β-amino-alcohol motifs (C(OH)–C–C–N with tert-alkyl or cyclic N) is 1. The molecule has 4 heterocycles. The van der Waals surface area contributed by atoms with Crippen molar-refractivity contribution in [3.8, 4) is 0 Å². The third-order valence-corrected chi connectivity index (χ3v) is 8.45. The summed E-state index contributed by atoms with van der Waals surface area (Å²) in [6.07, 6.45) is -0.0824. The number of carbonyl (C=O) groups excluding carboxylic acids is 3. The van der Waals surface area contributed by atoms with E-state index in [1.807, 2.05) is 24.9 Å². The molecule has 11 nitrogen and oxygen atoms in total. The number of imide groups is 1. The summed E-state index contributed by atoms with van der Waals surface area (Å²) >= 11 is 7.53. The number of anilines is 1. The highest BCUT2D eigenvalue weighted by Crippen LogP contribution is 2.36. The topological polar surface area (TPSA) is 136 Å². The lowest BCUT2D eigenvalue weighted by Crippen LogP contribution is -2.43. The summed E-state index contributed by atoms with van der Waals surface area (Å²) in [6.45, 7) is 2.92. The predicted octanol–water partition coefficient (Wildman–Crippen LogP) is 3.43. The molecule has 0 aliphatic carbocycles. The summed E-state index contributed by atoms with van der Waals surface area (Å²) in [5, 5.41) is 23.9. The van der Waals surface area contributed by atoms with Crippen LogP contribution in [0.4, 0.5) is 10.6 Å². The van der Waals surface area contributed by atoms with Gasteiger partial charge in [-0.25, -0.2) is 9.59 Å². The molecular formula is C27H28ClN5O6S. The van der Waals surface area contributed by atoms with Crippen LogP contribution in [0.3, 0.4) is 0 Å². The number of carboxylic acid groups (broad SMARTS) is 1. The Kier molecular flexibility index (Phi) is 7.67. The molecule has 2 saturated heterocycles. The maximum atomic E-state index is 13.7. The molecule has 2 atom stereocenters. The van der Waals surface area contributed by atoms with E-state index in [0.717, 1.165) is 4.88 Å². The lowest BCUT2D eigenvalue weighted by atomic mass is 10.0. The molecule has 210 valence electrons. The van der Waals surface area contributed by atoms with Crippen LogP contribution in [0.15, 0.2) is 36.4 Å². The molecule has 2 aromatic heterocycles. The minimum absolute atomic E-state index is 0.0272. The van der Waals surface area contributed by atoms with Gasteiger partial charge in [0.25, 0.3) is 5.91 Å². The monoisotopic (exact) mass is 585 g/mol. The zero-order valence-corrected chi connectivity index (χ0v) is 23.5. The van der Waals surface area contributed by atoms with Crippen molar-refractivity contribution in [3.63, 3.8) is 0 Å². The van der Waals surface area contributed by atoms with Crippen LogP contribution in [0.5, 0.6) is 0 Å². The number of thiophene rings is 1. The Hall–Kier alpha value is -3.74. The molecule has 3 aromatic rings. The number of hydrogen-bond donors (Lipinski definition) is 2. The Morgan fingerprint density at radius 1 is 1.18 bits per heavy atom. The molecule has 2 aliphatic heterocycles. The van der Waals surface area contributed by atoms with Crippen LogP contribution in [-0.4, -0.2) is 86.4 Å². The van der Waals surface area contributed by atoms with Crippen molar-refractivity contribution in [2.75, 3.05) is 31.6 Å².